The fraction of sp³-hybridized carbons (Fsp3) is 0.350. The van der Waals surface area contributed by atoms with E-state index in [-0.39, 0.29) is 5.56 Å². The summed E-state index contributed by atoms with van der Waals surface area (Å²) in [5.74, 6) is 1.44. The molecule has 2 aromatic rings. The normalized spacial score (nSPS) is 9.83. The van der Waals surface area contributed by atoms with Gasteiger partial charge in [0.15, 0.2) is 0 Å². The lowest BCUT2D eigenvalue weighted by Gasteiger charge is -2.09. The molecular formula is C20H24FNO. The smallest absolute Gasteiger partial charge is 0.145 e. The Bertz CT molecular complexity index is 687. The van der Waals surface area contributed by atoms with Gasteiger partial charge in [0, 0.05) is 0 Å². The highest BCUT2D eigenvalue weighted by Gasteiger charge is 2.06. The van der Waals surface area contributed by atoms with Gasteiger partial charge in [-0.25, -0.2) is 4.39 Å². The third-order valence-corrected chi connectivity index (χ3v) is 3.58. The number of aryl methyl sites for hydroxylation is 2. The second-order valence-corrected chi connectivity index (χ2v) is 5.90. The summed E-state index contributed by atoms with van der Waals surface area (Å²) >= 11 is 0. The summed E-state index contributed by atoms with van der Waals surface area (Å²) in [6.45, 7) is 10.6. The molecule has 0 unspecified atom stereocenters. The first-order chi connectivity index (χ1) is 10.9. The molecule has 122 valence electrons. The van der Waals surface area contributed by atoms with Crippen molar-refractivity contribution in [1.82, 2.24) is 0 Å². The number of hydrogen-bond acceptors (Lipinski definition) is 2. The maximum atomic E-state index is 13.0. The number of nitrogens with zero attached hydrogens (tertiary/aromatic N) is 1. The Balaban J connectivity index is 0.000000463. The number of ether oxygens (including phenoxy) is 1. The van der Waals surface area contributed by atoms with Crippen molar-refractivity contribution in [2.24, 2.45) is 5.92 Å². The van der Waals surface area contributed by atoms with E-state index in [1.807, 2.05) is 38.1 Å². The van der Waals surface area contributed by atoms with E-state index < -0.39 is 5.82 Å². The first kappa shape index (κ1) is 18.7. The molecule has 0 aliphatic carbocycles. The lowest BCUT2D eigenvalue weighted by molar-refractivity contribution is 0.478. The van der Waals surface area contributed by atoms with Gasteiger partial charge in [0.2, 0.25) is 0 Å². The van der Waals surface area contributed by atoms with Gasteiger partial charge in [-0.3, -0.25) is 0 Å². The quantitative estimate of drug-likeness (QED) is 0.680. The van der Waals surface area contributed by atoms with E-state index in [0.29, 0.717) is 11.5 Å². The van der Waals surface area contributed by atoms with Crippen molar-refractivity contribution >= 4 is 0 Å². The van der Waals surface area contributed by atoms with Crippen LogP contribution in [0.5, 0.6) is 11.5 Å². The van der Waals surface area contributed by atoms with E-state index in [2.05, 4.69) is 20.8 Å². The van der Waals surface area contributed by atoms with E-state index in [4.69, 9.17) is 10.00 Å². The second-order valence-electron chi connectivity index (χ2n) is 5.90. The van der Waals surface area contributed by atoms with Crippen LogP contribution >= 0.6 is 0 Å². The minimum absolute atomic E-state index is 0.188. The predicted molar refractivity (Wildman–Crippen MR) is 92.2 cm³/mol. The van der Waals surface area contributed by atoms with Crippen molar-refractivity contribution in [3.8, 4) is 17.6 Å². The van der Waals surface area contributed by atoms with Crippen molar-refractivity contribution in [1.29, 1.82) is 5.26 Å². The van der Waals surface area contributed by atoms with Gasteiger partial charge < -0.3 is 4.74 Å². The third-order valence-electron chi connectivity index (χ3n) is 3.58. The van der Waals surface area contributed by atoms with Crippen LogP contribution in [-0.2, 0) is 0 Å². The molecule has 0 amide bonds. The molecule has 0 radical (unpaired) electrons. The van der Waals surface area contributed by atoms with E-state index in [0.717, 1.165) is 17.5 Å². The molecule has 3 heteroatoms. The Morgan fingerprint density at radius 2 is 1.74 bits per heavy atom. The zero-order valence-electron chi connectivity index (χ0n) is 14.5. The first-order valence-corrected chi connectivity index (χ1v) is 7.82. The maximum Gasteiger partial charge on any atom is 0.145 e. The number of hydrogen-bond donors (Lipinski definition) is 0. The number of rotatable bonds is 3. The molecule has 0 atom stereocenters. The van der Waals surface area contributed by atoms with Crippen LogP contribution in [0.2, 0.25) is 0 Å². The summed E-state index contributed by atoms with van der Waals surface area (Å²) in [6.07, 6.45) is 1.31. The number of halogens is 1. The Labute approximate surface area is 138 Å². The number of benzene rings is 2. The standard InChI is InChI=1S/C15H12FNO.C5H12/c1-10-3-5-14(7-11(10)2)18-15-6-4-13(16)8-12(15)9-17;1-4-5(2)3/h3-8H,1-2H3;5H,4H2,1-3H3. The molecule has 2 nitrogen and oxygen atoms in total. The summed E-state index contributed by atoms with van der Waals surface area (Å²) in [4.78, 5) is 0. The topological polar surface area (TPSA) is 33.0 Å². The minimum Gasteiger partial charge on any atom is -0.456 e. The van der Waals surface area contributed by atoms with Gasteiger partial charge in [0.1, 0.15) is 23.4 Å². The van der Waals surface area contributed by atoms with Gasteiger partial charge in [0.25, 0.3) is 0 Å². The van der Waals surface area contributed by atoms with Crippen LogP contribution < -0.4 is 4.74 Å². The Kier molecular flexibility index (Phi) is 7.28. The van der Waals surface area contributed by atoms with Crippen molar-refractivity contribution in [3.05, 3.63) is 58.9 Å². The van der Waals surface area contributed by atoms with E-state index >= 15 is 0 Å². The van der Waals surface area contributed by atoms with E-state index in [1.165, 1.54) is 24.1 Å². The highest BCUT2D eigenvalue weighted by atomic mass is 19.1. The van der Waals surface area contributed by atoms with Crippen LogP contribution in [0, 0.1) is 36.9 Å². The highest BCUT2D eigenvalue weighted by Crippen LogP contribution is 2.26. The van der Waals surface area contributed by atoms with Gasteiger partial charge >= 0.3 is 0 Å². The zero-order chi connectivity index (χ0) is 17.4. The highest BCUT2D eigenvalue weighted by molar-refractivity contribution is 5.46. The summed E-state index contributed by atoms with van der Waals surface area (Å²) in [6, 6.07) is 11.5. The van der Waals surface area contributed by atoms with Crippen LogP contribution in [-0.4, -0.2) is 0 Å². The maximum absolute atomic E-state index is 13.0. The predicted octanol–water partition coefficient (Wildman–Crippen LogP) is 6.16. The lowest BCUT2D eigenvalue weighted by Crippen LogP contribution is -1.90. The van der Waals surface area contributed by atoms with E-state index in [1.54, 1.807) is 0 Å². The van der Waals surface area contributed by atoms with Gasteiger partial charge in [-0.05, 0) is 61.2 Å². The molecule has 0 aliphatic rings. The van der Waals surface area contributed by atoms with Crippen molar-refractivity contribution < 1.29 is 9.13 Å². The van der Waals surface area contributed by atoms with E-state index in [9.17, 15) is 4.39 Å². The van der Waals surface area contributed by atoms with Crippen molar-refractivity contribution in [2.75, 3.05) is 0 Å². The lowest BCUT2D eigenvalue weighted by atomic mass is 10.1. The Morgan fingerprint density at radius 1 is 1.09 bits per heavy atom. The fourth-order valence-corrected chi connectivity index (χ4v) is 1.58. The summed E-state index contributed by atoms with van der Waals surface area (Å²) < 4.78 is 18.6. The molecule has 0 fully saturated rings. The molecule has 0 aromatic heterocycles. The molecule has 0 N–H and O–H groups in total. The average Bonchev–Trinajstić information content (AvgIpc) is 2.53. The summed E-state index contributed by atoms with van der Waals surface area (Å²) in [5, 5.41) is 8.92. The van der Waals surface area contributed by atoms with Gasteiger partial charge in [-0.1, -0.05) is 33.3 Å². The Morgan fingerprint density at radius 3 is 2.26 bits per heavy atom. The van der Waals surface area contributed by atoms with Gasteiger partial charge in [0.05, 0.1) is 5.56 Å². The monoisotopic (exact) mass is 313 g/mol. The average molecular weight is 313 g/mol. The molecule has 0 bridgehead atoms. The zero-order valence-corrected chi connectivity index (χ0v) is 14.5. The van der Waals surface area contributed by atoms with Crippen molar-refractivity contribution in [3.63, 3.8) is 0 Å². The molecule has 2 rings (SSSR count). The molecule has 0 heterocycles. The molecule has 2 aromatic carbocycles. The second kappa shape index (κ2) is 8.95. The van der Waals surface area contributed by atoms with Crippen LogP contribution in [0.1, 0.15) is 43.9 Å². The summed E-state index contributed by atoms with van der Waals surface area (Å²) in [7, 11) is 0. The van der Waals surface area contributed by atoms with Crippen LogP contribution in [0.4, 0.5) is 4.39 Å². The van der Waals surface area contributed by atoms with Crippen LogP contribution in [0.25, 0.3) is 0 Å². The number of nitriles is 1. The summed E-state index contributed by atoms with van der Waals surface area (Å²) in [5.41, 5.74) is 2.46. The first-order valence-electron chi connectivity index (χ1n) is 7.82. The molecule has 23 heavy (non-hydrogen) atoms. The molecule has 0 spiro atoms. The largest absolute Gasteiger partial charge is 0.456 e. The third kappa shape index (κ3) is 6.12. The minimum atomic E-state index is -0.445. The molecule has 0 saturated carbocycles. The Hall–Kier alpha value is -2.34. The fourth-order valence-electron chi connectivity index (χ4n) is 1.58. The van der Waals surface area contributed by atoms with Crippen molar-refractivity contribution in [2.45, 2.75) is 41.0 Å². The van der Waals surface area contributed by atoms with Gasteiger partial charge in [-0.15, -0.1) is 0 Å². The molecular weight excluding hydrogens is 289 g/mol. The van der Waals surface area contributed by atoms with Gasteiger partial charge in [-0.2, -0.15) is 5.26 Å². The SMILES string of the molecule is CCC(C)C.Cc1ccc(Oc2ccc(F)cc2C#N)cc1C. The van der Waals surface area contributed by atoms with Crippen LogP contribution in [0.3, 0.4) is 0 Å². The van der Waals surface area contributed by atoms with Crippen LogP contribution in [0.15, 0.2) is 36.4 Å². The molecule has 0 saturated heterocycles. The molecule has 0 aliphatic heterocycles.